The number of nitrogens with zero attached hydrogens (tertiary/aromatic N) is 1. The summed E-state index contributed by atoms with van der Waals surface area (Å²) in [6.07, 6.45) is 17.4. The van der Waals surface area contributed by atoms with Crippen molar-refractivity contribution >= 4 is 0 Å². The Balaban J connectivity index is 1.46. The fourth-order valence-corrected chi connectivity index (χ4v) is 4.68. The summed E-state index contributed by atoms with van der Waals surface area (Å²) in [7, 11) is 0. The Morgan fingerprint density at radius 3 is 2.43 bits per heavy atom. The topological polar surface area (TPSA) is 15.3 Å². The minimum absolute atomic E-state index is 0.550. The van der Waals surface area contributed by atoms with Crippen molar-refractivity contribution in [3.8, 4) is 0 Å². The Hall–Kier alpha value is -0.0800. The summed E-state index contributed by atoms with van der Waals surface area (Å²) in [6, 6.07) is 0.816. The molecule has 0 bridgehead atoms. The second-order valence-corrected chi connectivity index (χ2v) is 7.97. The molecule has 0 aromatic carbocycles. The highest BCUT2D eigenvalue weighted by molar-refractivity contribution is 5.04. The van der Waals surface area contributed by atoms with Crippen LogP contribution in [0.25, 0.3) is 0 Å². The lowest BCUT2D eigenvalue weighted by molar-refractivity contribution is 0.0368. The molecule has 3 rings (SSSR count). The quantitative estimate of drug-likeness (QED) is 0.669. The highest BCUT2D eigenvalue weighted by Crippen LogP contribution is 2.41. The third kappa shape index (κ3) is 4.01. The van der Waals surface area contributed by atoms with Crippen molar-refractivity contribution in [1.29, 1.82) is 0 Å². The van der Waals surface area contributed by atoms with E-state index in [-0.39, 0.29) is 0 Å². The minimum atomic E-state index is 0.550. The van der Waals surface area contributed by atoms with Gasteiger partial charge in [0.25, 0.3) is 0 Å². The Morgan fingerprint density at radius 2 is 1.71 bits per heavy atom. The van der Waals surface area contributed by atoms with Crippen LogP contribution in [0.3, 0.4) is 0 Å². The van der Waals surface area contributed by atoms with Crippen LogP contribution in [-0.2, 0) is 0 Å². The Kier molecular flexibility index (Phi) is 5.61. The molecular weight excluding hydrogens is 256 g/mol. The Bertz CT molecular complexity index is 305. The minimum Gasteiger partial charge on any atom is -0.311 e. The molecule has 1 aliphatic heterocycles. The maximum Gasteiger partial charge on any atom is 0.0334 e. The standard InChI is InChI=1S/C19H36N2/c1-2-3-4-5-6-9-14-21-15-18(17-10-11-17)20-16-19(21)12-7-8-13-19/h17-18,20H,2-16H2,1H3. The molecule has 2 saturated carbocycles. The molecule has 2 nitrogen and oxygen atoms in total. The molecule has 2 heteroatoms. The van der Waals surface area contributed by atoms with E-state index < -0.39 is 0 Å². The van der Waals surface area contributed by atoms with Gasteiger partial charge in [-0.05, 0) is 44.6 Å². The van der Waals surface area contributed by atoms with E-state index in [4.69, 9.17) is 0 Å². The zero-order valence-electron chi connectivity index (χ0n) is 14.2. The smallest absolute Gasteiger partial charge is 0.0334 e. The van der Waals surface area contributed by atoms with Crippen molar-refractivity contribution in [1.82, 2.24) is 10.2 Å². The monoisotopic (exact) mass is 292 g/mol. The van der Waals surface area contributed by atoms with Crippen LogP contribution in [0, 0.1) is 5.92 Å². The summed E-state index contributed by atoms with van der Waals surface area (Å²) in [6.45, 7) is 6.31. The van der Waals surface area contributed by atoms with E-state index in [0.29, 0.717) is 5.54 Å². The molecule has 0 aromatic rings. The first-order chi connectivity index (χ1) is 10.3. The summed E-state index contributed by atoms with van der Waals surface area (Å²) in [5, 5.41) is 3.92. The molecule has 1 N–H and O–H groups in total. The van der Waals surface area contributed by atoms with Gasteiger partial charge in [0.2, 0.25) is 0 Å². The summed E-state index contributed by atoms with van der Waals surface area (Å²) in [5.41, 5.74) is 0.550. The second kappa shape index (κ2) is 7.46. The lowest BCUT2D eigenvalue weighted by atomic mass is 9.89. The van der Waals surface area contributed by atoms with E-state index >= 15 is 0 Å². The van der Waals surface area contributed by atoms with Gasteiger partial charge in [0.15, 0.2) is 0 Å². The number of hydrogen-bond acceptors (Lipinski definition) is 2. The van der Waals surface area contributed by atoms with Crippen LogP contribution in [0.4, 0.5) is 0 Å². The summed E-state index contributed by atoms with van der Waals surface area (Å²) in [5.74, 6) is 1.01. The molecule has 1 unspecified atom stereocenters. The van der Waals surface area contributed by atoms with E-state index in [1.807, 2.05) is 0 Å². The van der Waals surface area contributed by atoms with Gasteiger partial charge in [-0.3, -0.25) is 4.90 Å². The van der Waals surface area contributed by atoms with Crippen LogP contribution < -0.4 is 5.32 Å². The van der Waals surface area contributed by atoms with Gasteiger partial charge in [0.1, 0.15) is 0 Å². The van der Waals surface area contributed by atoms with Crippen LogP contribution in [0.1, 0.15) is 84.0 Å². The van der Waals surface area contributed by atoms with Crippen LogP contribution in [0.2, 0.25) is 0 Å². The molecule has 1 saturated heterocycles. The van der Waals surface area contributed by atoms with Crippen LogP contribution >= 0.6 is 0 Å². The molecular formula is C19H36N2. The lowest BCUT2D eigenvalue weighted by Crippen LogP contribution is -2.64. The maximum absolute atomic E-state index is 3.92. The van der Waals surface area contributed by atoms with Crippen LogP contribution in [0.15, 0.2) is 0 Å². The number of hydrogen-bond donors (Lipinski definition) is 1. The normalized spacial score (nSPS) is 29.3. The zero-order chi connectivity index (χ0) is 14.5. The molecule has 3 aliphatic rings. The van der Waals surface area contributed by atoms with Crippen molar-refractivity contribution < 1.29 is 0 Å². The van der Waals surface area contributed by atoms with Gasteiger partial charge in [0, 0.05) is 24.7 Å². The average Bonchev–Trinajstić information content (AvgIpc) is 3.25. The fourth-order valence-electron chi connectivity index (χ4n) is 4.68. The van der Waals surface area contributed by atoms with E-state index in [9.17, 15) is 0 Å². The number of rotatable bonds is 8. The van der Waals surface area contributed by atoms with Gasteiger partial charge in [0.05, 0.1) is 0 Å². The third-order valence-corrected chi connectivity index (χ3v) is 6.29. The first-order valence-electron chi connectivity index (χ1n) is 9.82. The largest absolute Gasteiger partial charge is 0.311 e. The number of nitrogens with one attached hydrogen (secondary N) is 1. The van der Waals surface area contributed by atoms with Gasteiger partial charge in [-0.25, -0.2) is 0 Å². The van der Waals surface area contributed by atoms with Crippen molar-refractivity contribution in [2.75, 3.05) is 19.6 Å². The highest BCUT2D eigenvalue weighted by Gasteiger charge is 2.45. The van der Waals surface area contributed by atoms with Crippen molar-refractivity contribution in [3.05, 3.63) is 0 Å². The van der Waals surface area contributed by atoms with Gasteiger partial charge < -0.3 is 5.32 Å². The molecule has 3 fully saturated rings. The van der Waals surface area contributed by atoms with E-state index in [0.717, 1.165) is 12.0 Å². The molecule has 0 radical (unpaired) electrons. The summed E-state index contributed by atoms with van der Waals surface area (Å²) in [4.78, 5) is 2.93. The first-order valence-corrected chi connectivity index (χ1v) is 9.82. The molecule has 21 heavy (non-hydrogen) atoms. The predicted octanol–water partition coefficient (Wildman–Crippen LogP) is 4.34. The van der Waals surface area contributed by atoms with E-state index in [2.05, 4.69) is 17.1 Å². The van der Waals surface area contributed by atoms with Crippen LogP contribution in [0.5, 0.6) is 0 Å². The van der Waals surface area contributed by atoms with E-state index in [1.54, 1.807) is 0 Å². The van der Waals surface area contributed by atoms with Gasteiger partial charge in [-0.15, -0.1) is 0 Å². The second-order valence-electron chi connectivity index (χ2n) is 7.97. The Labute approximate surface area is 132 Å². The number of piperazine rings is 1. The Morgan fingerprint density at radius 1 is 1.00 bits per heavy atom. The molecule has 0 aromatic heterocycles. The highest BCUT2D eigenvalue weighted by atomic mass is 15.3. The number of unbranched alkanes of at least 4 members (excludes halogenated alkanes) is 5. The van der Waals surface area contributed by atoms with Gasteiger partial charge in [-0.1, -0.05) is 51.9 Å². The third-order valence-electron chi connectivity index (χ3n) is 6.29. The molecule has 1 heterocycles. The van der Waals surface area contributed by atoms with Crippen LogP contribution in [-0.4, -0.2) is 36.1 Å². The molecule has 122 valence electrons. The zero-order valence-corrected chi connectivity index (χ0v) is 14.2. The SMILES string of the molecule is CCCCCCCCN1CC(C2CC2)NCC12CCCC2. The van der Waals surface area contributed by atoms with Crippen molar-refractivity contribution in [2.24, 2.45) is 5.92 Å². The van der Waals surface area contributed by atoms with E-state index in [1.165, 1.54) is 96.7 Å². The van der Waals surface area contributed by atoms with Gasteiger partial charge >= 0.3 is 0 Å². The molecule has 1 atom stereocenters. The average molecular weight is 293 g/mol. The summed E-state index contributed by atoms with van der Waals surface area (Å²) >= 11 is 0. The predicted molar refractivity (Wildman–Crippen MR) is 90.7 cm³/mol. The van der Waals surface area contributed by atoms with Crippen molar-refractivity contribution in [2.45, 2.75) is 95.6 Å². The van der Waals surface area contributed by atoms with Gasteiger partial charge in [-0.2, -0.15) is 0 Å². The maximum atomic E-state index is 3.92. The van der Waals surface area contributed by atoms with Crippen molar-refractivity contribution in [3.63, 3.8) is 0 Å². The molecule has 1 spiro atoms. The summed E-state index contributed by atoms with van der Waals surface area (Å²) < 4.78 is 0. The molecule has 2 aliphatic carbocycles. The lowest BCUT2D eigenvalue weighted by Gasteiger charge is -2.48. The molecule has 0 amide bonds. The first kappa shape index (κ1) is 15.8. The fraction of sp³-hybridized carbons (Fsp3) is 1.00.